The van der Waals surface area contributed by atoms with Crippen LogP contribution in [-0.4, -0.2) is 38.1 Å². The molecule has 0 saturated carbocycles. The Morgan fingerprint density at radius 3 is 2.67 bits per heavy atom. The molecule has 168 valence electrons. The average molecular weight is 461 g/mol. The van der Waals surface area contributed by atoms with Gasteiger partial charge < -0.3 is 5.32 Å². The van der Waals surface area contributed by atoms with Gasteiger partial charge in [-0.1, -0.05) is 30.3 Å². The van der Waals surface area contributed by atoms with Gasteiger partial charge in [0.2, 0.25) is 5.91 Å². The number of hydrogen-bond donors (Lipinski definition) is 2. The van der Waals surface area contributed by atoms with Gasteiger partial charge in [0.1, 0.15) is 0 Å². The van der Waals surface area contributed by atoms with E-state index in [1.165, 1.54) is 23.8 Å². The molecule has 0 saturated heterocycles. The monoisotopic (exact) mass is 460 g/mol. The number of nitrogens with one attached hydrogen (secondary N) is 2. The molecule has 2 amide bonds. The summed E-state index contributed by atoms with van der Waals surface area (Å²) in [5.74, 6) is 0.392. The van der Waals surface area contributed by atoms with E-state index in [1.807, 2.05) is 42.6 Å². The number of benzene rings is 1. The van der Waals surface area contributed by atoms with Gasteiger partial charge in [-0.2, -0.15) is 5.10 Å². The fraction of sp³-hybridized carbons (Fsp3) is 0.208. The maximum atomic E-state index is 12.8. The molecular formula is C24H24N6O2S. The van der Waals surface area contributed by atoms with Gasteiger partial charge in [-0.3, -0.25) is 14.9 Å². The molecule has 0 bridgehead atoms. The predicted molar refractivity (Wildman–Crippen MR) is 129 cm³/mol. The van der Waals surface area contributed by atoms with Crippen molar-refractivity contribution in [3.8, 4) is 17.1 Å². The van der Waals surface area contributed by atoms with Gasteiger partial charge in [0.25, 0.3) is 5.91 Å². The fourth-order valence-electron chi connectivity index (χ4n) is 3.37. The van der Waals surface area contributed by atoms with Crippen molar-refractivity contribution in [1.82, 2.24) is 25.1 Å². The minimum absolute atomic E-state index is 0.00558. The Kier molecular flexibility index (Phi) is 6.89. The number of aryl methyl sites for hydroxylation is 1. The molecule has 4 rings (SSSR count). The number of aromatic nitrogens is 4. The molecule has 3 heterocycles. The standard InChI is InChI=1S/C24H24N6O2S/c1-16-20(14-27-30(16)22-7-3-4-12-26-22)23(32)29-24-28-21(15-33-24)19-10-8-18(9-11-19)6-5-13-25-17(2)31/h3-4,7-12,14-15H,5-6,13H2,1-2H3,(H,25,31)(H,28,29,32). The maximum absolute atomic E-state index is 12.8. The Labute approximate surface area is 195 Å². The summed E-state index contributed by atoms with van der Waals surface area (Å²) in [4.78, 5) is 32.6. The highest BCUT2D eigenvalue weighted by molar-refractivity contribution is 7.14. The zero-order valence-electron chi connectivity index (χ0n) is 18.4. The largest absolute Gasteiger partial charge is 0.356 e. The van der Waals surface area contributed by atoms with Crippen LogP contribution in [0.25, 0.3) is 17.1 Å². The van der Waals surface area contributed by atoms with Crippen LogP contribution in [0.15, 0.2) is 60.2 Å². The zero-order chi connectivity index (χ0) is 23.2. The first-order chi connectivity index (χ1) is 16.0. The molecule has 33 heavy (non-hydrogen) atoms. The minimum Gasteiger partial charge on any atom is -0.356 e. The molecule has 0 aliphatic rings. The van der Waals surface area contributed by atoms with Crippen LogP contribution in [-0.2, 0) is 11.2 Å². The van der Waals surface area contributed by atoms with Crippen LogP contribution < -0.4 is 10.6 Å². The molecule has 9 heteroatoms. The van der Waals surface area contributed by atoms with E-state index in [0.29, 0.717) is 28.8 Å². The molecule has 0 spiro atoms. The van der Waals surface area contributed by atoms with Crippen molar-refractivity contribution >= 4 is 28.3 Å². The van der Waals surface area contributed by atoms with E-state index in [4.69, 9.17) is 0 Å². The lowest BCUT2D eigenvalue weighted by Gasteiger charge is -2.05. The lowest BCUT2D eigenvalue weighted by atomic mass is 10.1. The summed E-state index contributed by atoms with van der Waals surface area (Å²) >= 11 is 1.38. The zero-order valence-corrected chi connectivity index (χ0v) is 19.2. The highest BCUT2D eigenvalue weighted by Gasteiger charge is 2.17. The molecule has 4 aromatic rings. The van der Waals surface area contributed by atoms with Crippen LogP contribution in [0.3, 0.4) is 0 Å². The van der Waals surface area contributed by atoms with Gasteiger partial charge in [-0.05, 0) is 37.5 Å². The molecule has 1 aromatic carbocycles. The Hall–Kier alpha value is -3.85. The lowest BCUT2D eigenvalue weighted by molar-refractivity contribution is -0.118. The first-order valence-corrected chi connectivity index (χ1v) is 11.5. The van der Waals surface area contributed by atoms with E-state index in [-0.39, 0.29) is 11.8 Å². The van der Waals surface area contributed by atoms with Crippen LogP contribution in [0, 0.1) is 6.92 Å². The summed E-state index contributed by atoms with van der Waals surface area (Å²) in [6.45, 7) is 4.03. The number of pyridine rings is 1. The summed E-state index contributed by atoms with van der Waals surface area (Å²) in [5.41, 5.74) is 4.17. The van der Waals surface area contributed by atoms with Gasteiger partial charge in [0.05, 0.1) is 23.1 Å². The SMILES string of the molecule is CC(=O)NCCCc1ccc(-c2csc(NC(=O)c3cnn(-c4ccccn4)c3C)n2)cc1. The molecule has 0 aliphatic heterocycles. The quantitative estimate of drug-likeness (QED) is 0.387. The van der Waals surface area contributed by atoms with Crippen LogP contribution in [0.2, 0.25) is 0 Å². The third-order valence-corrected chi connectivity index (χ3v) is 5.87. The van der Waals surface area contributed by atoms with Gasteiger partial charge in [0.15, 0.2) is 10.9 Å². The number of rotatable bonds is 8. The van der Waals surface area contributed by atoms with Crippen molar-refractivity contribution < 1.29 is 9.59 Å². The lowest BCUT2D eigenvalue weighted by Crippen LogP contribution is -2.21. The number of nitrogens with zero attached hydrogens (tertiary/aromatic N) is 4. The summed E-state index contributed by atoms with van der Waals surface area (Å²) < 4.78 is 1.64. The normalized spacial score (nSPS) is 10.7. The molecule has 0 radical (unpaired) electrons. The smallest absolute Gasteiger partial charge is 0.260 e. The van der Waals surface area contributed by atoms with E-state index < -0.39 is 0 Å². The Morgan fingerprint density at radius 1 is 1.12 bits per heavy atom. The van der Waals surface area contributed by atoms with E-state index in [2.05, 4.69) is 37.8 Å². The molecule has 0 fully saturated rings. The molecule has 0 unspecified atom stereocenters. The topological polar surface area (TPSA) is 102 Å². The highest BCUT2D eigenvalue weighted by Crippen LogP contribution is 2.26. The van der Waals surface area contributed by atoms with Crippen LogP contribution >= 0.6 is 11.3 Å². The number of hydrogen-bond acceptors (Lipinski definition) is 6. The summed E-state index contributed by atoms with van der Waals surface area (Å²) in [6.07, 6.45) is 5.01. The first-order valence-electron chi connectivity index (χ1n) is 10.6. The van der Waals surface area contributed by atoms with E-state index >= 15 is 0 Å². The van der Waals surface area contributed by atoms with Crippen LogP contribution in [0.4, 0.5) is 5.13 Å². The molecule has 0 atom stereocenters. The second kappa shape index (κ2) is 10.2. The highest BCUT2D eigenvalue weighted by atomic mass is 32.1. The maximum Gasteiger partial charge on any atom is 0.260 e. The second-order valence-corrected chi connectivity index (χ2v) is 8.38. The number of thiazole rings is 1. The van der Waals surface area contributed by atoms with Crippen LogP contribution in [0.5, 0.6) is 0 Å². The van der Waals surface area contributed by atoms with E-state index in [9.17, 15) is 9.59 Å². The number of carbonyl (C=O) groups is 2. The summed E-state index contributed by atoms with van der Waals surface area (Å²) in [7, 11) is 0. The van der Waals surface area contributed by atoms with Gasteiger partial charge in [-0.25, -0.2) is 14.6 Å². The fourth-order valence-corrected chi connectivity index (χ4v) is 4.08. The summed E-state index contributed by atoms with van der Waals surface area (Å²) in [6, 6.07) is 13.7. The first kappa shape index (κ1) is 22.3. The molecule has 3 aromatic heterocycles. The van der Waals surface area contributed by atoms with Crippen LogP contribution in [0.1, 0.15) is 35.0 Å². The van der Waals surface area contributed by atoms with Crippen molar-refractivity contribution in [1.29, 1.82) is 0 Å². The van der Waals surface area contributed by atoms with Gasteiger partial charge >= 0.3 is 0 Å². The van der Waals surface area contributed by atoms with Gasteiger partial charge in [-0.15, -0.1) is 11.3 Å². The van der Waals surface area contributed by atoms with Crippen molar-refractivity contribution in [2.24, 2.45) is 0 Å². The summed E-state index contributed by atoms with van der Waals surface area (Å²) in [5, 5.41) is 12.4. The molecule has 0 aliphatic carbocycles. The van der Waals surface area contributed by atoms with E-state index in [1.54, 1.807) is 17.1 Å². The average Bonchev–Trinajstić information content (AvgIpc) is 3.44. The number of carbonyl (C=O) groups excluding carboxylic acids is 2. The second-order valence-electron chi connectivity index (χ2n) is 7.52. The Balaban J connectivity index is 1.38. The predicted octanol–water partition coefficient (Wildman–Crippen LogP) is 4.02. The van der Waals surface area contributed by atoms with Crippen molar-refractivity contribution in [2.75, 3.05) is 11.9 Å². The Morgan fingerprint density at radius 2 is 1.94 bits per heavy atom. The molecule has 8 nitrogen and oxygen atoms in total. The third kappa shape index (κ3) is 5.50. The van der Waals surface area contributed by atoms with Gasteiger partial charge in [0, 0.05) is 30.6 Å². The minimum atomic E-state index is -0.259. The van der Waals surface area contributed by atoms with E-state index in [0.717, 1.165) is 24.1 Å². The van der Waals surface area contributed by atoms with Crippen molar-refractivity contribution in [3.05, 3.63) is 77.1 Å². The number of amides is 2. The van der Waals surface area contributed by atoms with Crippen molar-refractivity contribution in [3.63, 3.8) is 0 Å². The molecular weight excluding hydrogens is 436 g/mol. The molecule has 2 N–H and O–H groups in total. The number of anilines is 1. The van der Waals surface area contributed by atoms with Crippen molar-refractivity contribution in [2.45, 2.75) is 26.7 Å². The Bertz CT molecular complexity index is 1250. The third-order valence-electron chi connectivity index (χ3n) is 5.11.